The maximum absolute atomic E-state index is 10.2. The number of methoxy groups -OCH3 is 1. The molecule has 2 aromatic rings. The van der Waals surface area contributed by atoms with Crippen LogP contribution >= 0.6 is 15.9 Å². The van der Waals surface area contributed by atoms with Gasteiger partial charge in [0.25, 0.3) is 0 Å². The molecule has 0 saturated heterocycles. The van der Waals surface area contributed by atoms with Crippen molar-refractivity contribution in [1.82, 2.24) is 9.78 Å². The Morgan fingerprint density at radius 3 is 2.78 bits per heavy atom. The minimum Gasteiger partial charge on any atom is -0.496 e. The lowest BCUT2D eigenvalue weighted by Crippen LogP contribution is -2.03. The van der Waals surface area contributed by atoms with Crippen molar-refractivity contribution in [3.05, 3.63) is 46.2 Å². The number of aliphatic hydroxyl groups excluding tert-OH is 1. The van der Waals surface area contributed by atoms with Gasteiger partial charge in [0.15, 0.2) is 0 Å². The third-order valence-electron chi connectivity index (χ3n) is 2.73. The first-order chi connectivity index (χ1) is 8.60. The fourth-order valence-electron chi connectivity index (χ4n) is 1.78. The second-order valence-corrected chi connectivity index (χ2v) is 4.95. The van der Waals surface area contributed by atoms with Crippen molar-refractivity contribution in [1.29, 1.82) is 0 Å². The monoisotopic (exact) mass is 310 g/mol. The molecule has 0 aliphatic carbocycles. The molecule has 0 amide bonds. The molecule has 1 unspecified atom stereocenters. The van der Waals surface area contributed by atoms with E-state index >= 15 is 0 Å². The smallest absolute Gasteiger partial charge is 0.133 e. The molecule has 0 bridgehead atoms. The fraction of sp³-hybridized carbons (Fsp3) is 0.308. The number of aryl methyl sites for hydroxylation is 1. The van der Waals surface area contributed by atoms with Gasteiger partial charge in [-0.1, -0.05) is 6.07 Å². The minimum absolute atomic E-state index is 0.500. The molecule has 0 fully saturated rings. The highest BCUT2D eigenvalue weighted by molar-refractivity contribution is 9.10. The molecule has 1 atom stereocenters. The molecule has 1 aromatic heterocycles. The Labute approximate surface area is 114 Å². The number of benzene rings is 1. The Balaban J connectivity index is 2.13. The summed E-state index contributed by atoms with van der Waals surface area (Å²) in [4.78, 5) is 0. The summed E-state index contributed by atoms with van der Waals surface area (Å²) in [6.45, 7) is 0. The van der Waals surface area contributed by atoms with Gasteiger partial charge in [-0.25, -0.2) is 0 Å². The molecule has 1 aromatic carbocycles. The van der Waals surface area contributed by atoms with Crippen LogP contribution in [0.4, 0.5) is 0 Å². The molecule has 2 rings (SSSR count). The Hall–Kier alpha value is -1.33. The van der Waals surface area contributed by atoms with Crippen molar-refractivity contribution in [2.24, 2.45) is 7.05 Å². The van der Waals surface area contributed by atoms with Crippen LogP contribution < -0.4 is 4.74 Å². The van der Waals surface area contributed by atoms with Gasteiger partial charge in [-0.05, 0) is 39.7 Å². The van der Waals surface area contributed by atoms with Crippen LogP contribution in [0.25, 0.3) is 0 Å². The zero-order valence-corrected chi connectivity index (χ0v) is 11.9. The second kappa shape index (κ2) is 5.54. The molecule has 0 spiro atoms. The highest BCUT2D eigenvalue weighted by Gasteiger charge is 2.12. The van der Waals surface area contributed by atoms with Crippen molar-refractivity contribution >= 4 is 15.9 Å². The summed E-state index contributed by atoms with van der Waals surface area (Å²) in [5.74, 6) is 0.754. The molecule has 4 nitrogen and oxygen atoms in total. The van der Waals surface area contributed by atoms with Crippen LogP contribution in [0.1, 0.15) is 17.4 Å². The highest BCUT2D eigenvalue weighted by Crippen LogP contribution is 2.29. The number of aliphatic hydroxyl groups is 1. The summed E-state index contributed by atoms with van der Waals surface area (Å²) < 4.78 is 7.72. The van der Waals surface area contributed by atoms with Crippen LogP contribution in [0.15, 0.2) is 34.9 Å². The van der Waals surface area contributed by atoms with E-state index in [1.54, 1.807) is 11.8 Å². The molecule has 0 aliphatic heterocycles. The van der Waals surface area contributed by atoms with E-state index in [9.17, 15) is 5.11 Å². The first-order valence-corrected chi connectivity index (χ1v) is 6.39. The van der Waals surface area contributed by atoms with Gasteiger partial charge in [0.2, 0.25) is 0 Å². The molecule has 1 N–H and O–H groups in total. The number of hydrogen-bond acceptors (Lipinski definition) is 3. The molecule has 0 radical (unpaired) electrons. The quantitative estimate of drug-likeness (QED) is 0.943. The average Bonchev–Trinajstić information content (AvgIpc) is 2.74. The van der Waals surface area contributed by atoms with Crippen LogP contribution in [0.3, 0.4) is 0 Å². The maximum Gasteiger partial charge on any atom is 0.133 e. The average molecular weight is 311 g/mol. The maximum atomic E-state index is 10.2. The number of aromatic nitrogens is 2. The van der Waals surface area contributed by atoms with Crippen LogP contribution in [-0.2, 0) is 13.5 Å². The van der Waals surface area contributed by atoms with Crippen LogP contribution in [-0.4, -0.2) is 22.0 Å². The number of hydrogen-bond donors (Lipinski definition) is 1. The number of nitrogens with zero attached hydrogens (tertiary/aromatic N) is 2. The van der Waals surface area contributed by atoms with Gasteiger partial charge in [-0.3, -0.25) is 4.68 Å². The lowest BCUT2D eigenvalue weighted by Gasteiger charge is -2.11. The van der Waals surface area contributed by atoms with Gasteiger partial charge in [-0.2, -0.15) is 5.10 Å². The predicted octanol–water partition coefficient (Wildman–Crippen LogP) is 2.47. The molecule has 5 heteroatoms. The van der Waals surface area contributed by atoms with Crippen molar-refractivity contribution in [2.75, 3.05) is 7.11 Å². The van der Waals surface area contributed by atoms with Crippen LogP contribution in [0.2, 0.25) is 0 Å². The summed E-state index contributed by atoms with van der Waals surface area (Å²) in [5, 5.41) is 14.4. The van der Waals surface area contributed by atoms with E-state index in [-0.39, 0.29) is 0 Å². The van der Waals surface area contributed by atoms with Gasteiger partial charge in [0.1, 0.15) is 5.75 Å². The third-order valence-corrected chi connectivity index (χ3v) is 3.35. The van der Waals surface area contributed by atoms with Gasteiger partial charge in [0, 0.05) is 19.7 Å². The highest BCUT2D eigenvalue weighted by atomic mass is 79.9. The number of rotatable bonds is 4. The first-order valence-electron chi connectivity index (χ1n) is 5.60. The van der Waals surface area contributed by atoms with E-state index < -0.39 is 6.10 Å². The number of halogens is 1. The Kier molecular flexibility index (Phi) is 4.04. The van der Waals surface area contributed by atoms with Crippen molar-refractivity contribution in [2.45, 2.75) is 12.5 Å². The van der Waals surface area contributed by atoms with Crippen molar-refractivity contribution in [3.63, 3.8) is 0 Å². The van der Waals surface area contributed by atoms with E-state index in [1.165, 1.54) is 0 Å². The first kappa shape index (κ1) is 13.1. The zero-order valence-electron chi connectivity index (χ0n) is 10.3. The fourth-order valence-corrected chi connectivity index (χ4v) is 2.34. The van der Waals surface area contributed by atoms with Crippen LogP contribution in [0, 0.1) is 0 Å². The van der Waals surface area contributed by atoms with E-state index in [0.29, 0.717) is 6.42 Å². The Morgan fingerprint density at radius 1 is 1.44 bits per heavy atom. The molecule has 1 heterocycles. The van der Waals surface area contributed by atoms with Gasteiger partial charge < -0.3 is 9.84 Å². The van der Waals surface area contributed by atoms with E-state index in [4.69, 9.17) is 4.74 Å². The summed E-state index contributed by atoms with van der Waals surface area (Å²) in [5.41, 5.74) is 1.71. The van der Waals surface area contributed by atoms with Gasteiger partial charge in [-0.15, -0.1) is 0 Å². The molecule has 0 aliphatic rings. The van der Waals surface area contributed by atoms with Crippen molar-refractivity contribution in [3.8, 4) is 5.75 Å². The molecular formula is C13H15BrN2O2. The zero-order chi connectivity index (χ0) is 13.1. The van der Waals surface area contributed by atoms with Crippen LogP contribution in [0.5, 0.6) is 5.75 Å². The van der Waals surface area contributed by atoms with E-state index in [0.717, 1.165) is 21.5 Å². The van der Waals surface area contributed by atoms with Crippen molar-refractivity contribution < 1.29 is 9.84 Å². The lowest BCUT2D eigenvalue weighted by molar-refractivity contribution is 0.177. The topological polar surface area (TPSA) is 47.3 Å². The molecule has 18 heavy (non-hydrogen) atoms. The molecular weight excluding hydrogens is 296 g/mol. The summed E-state index contributed by atoms with van der Waals surface area (Å²) >= 11 is 3.41. The predicted molar refractivity (Wildman–Crippen MR) is 72.6 cm³/mol. The summed E-state index contributed by atoms with van der Waals surface area (Å²) in [7, 11) is 3.48. The summed E-state index contributed by atoms with van der Waals surface area (Å²) in [6, 6.07) is 7.46. The van der Waals surface area contributed by atoms with Gasteiger partial charge in [0.05, 0.1) is 23.4 Å². The number of ether oxygens (including phenoxy) is 1. The van der Waals surface area contributed by atoms with Gasteiger partial charge >= 0.3 is 0 Å². The lowest BCUT2D eigenvalue weighted by atomic mass is 10.1. The largest absolute Gasteiger partial charge is 0.496 e. The summed E-state index contributed by atoms with van der Waals surface area (Å²) in [6.07, 6.45) is 1.80. The minimum atomic E-state index is -0.567. The standard InChI is InChI=1S/C13H15BrN2O2/c1-16-6-5-10(15-16)8-12(17)9-3-4-13(18-2)11(14)7-9/h3-7,12,17H,8H2,1-2H3. The Bertz CT molecular complexity index is 540. The SMILES string of the molecule is COc1ccc(C(O)Cc2ccn(C)n2)cc1Br. The van der Waals surface area contributed by atoms with E-state index in [1.807, 2.05) is 37.5 Å². The second-order valence-electron chi connectivity index (χ2n) is 4.09. The normalized spacial score (nSPS) is 12.4. The Morgan fingerprint density at radius 2 is 2.22 bits per heavy atom. The third kappa shape index (κ3) is 2.91. The molecule has 96 valence electrons. The molecule has 0 saturated carbocycles. The van der Waals surface area contributed by atoms with E-state index in [2.05, 4.69) is 21.0 Å².